The minimum absolute atomic E-state index is 0.187. The van der Waals surface area contributed by atoms with E-state index in [0.717, 1.165) is 29.2 Å². The van der Waals surface area contributed by atoms with Gasteiger partial charge in [-0.2, -0.15) is 0 Å². The Morgan fingerprint density at radius 2 is 2.00 bits per heavy atom. The van der Waals surface area contributed by atoms with Gasteiger partial charge in [0.1, 0.15) is 10.8 Å². The number of hydrogen-bond acceptors (Lipinski definition) is 3. The van der Waals surface area contributed by atoms with Crippen LogP contribution in [0.3, 0.4) is 0 Å². The van der Waals surface area contributed by atoms with E-state index in [4.69, 9.17) is 18.0 Å². The number of hydrogen-bond donors (Lipinski definition) is 2. The number of rotatable bonds is 3. The molecular formula is C13H21N3S. The van der Waals surface area contributed by atoms with Crippen LogP contribution in [0.1, 0.15) is 37.6 Å². The maximum atomic E-state index is 5.76. The number of anilines is 1. The van der Waals surface area contributed by atoms with Gasteiger partial charge in [-0.3, -0.25) is 0 Å². The van der Waals surface area contributed by atoms with Crippen LogP contribution in [-0.2, 0) is 0 Å². The first kappa shape index (κ1) is 13.9. The molecule has 3 N–H and O–H groups in total. The summed E-state index contributed by atoms with van der Waals surface area (Å²) in [4.78, 5) is 4.87. The van der Waals surface area contributed by atoms with Gasteiger partial charge < -0.3 is 11.1 Å². The Kier molecular flexibility index (Phi) is 4.09. The fourth-order valence-electron chi connectivity index (χ4n) is 1.62. The van der Waals surface area contributed by atoms with Gasteiger partial charge in [-0.05, 0) is 30.9 Å². The van der Waals surface area contributed by atoms with Crippen molar-refractivity contribution in [3.63, 3.8) is 0 Å². The van der Waals surface area contributed by atoms with E-state index in [1.165, 1.54) is 0 Å². The molecule has 0 saturated heterocycles. The number of nitrogens with zero attached hydrogens (tertiary/aromatic N) is 1. The van der Waals surface area contributed by atoms with Crippen LogP contribution in [-0.4, -0.2) is 16.5 Å². The largest absolute Gasteiger partial charge is 0.389 e. The Labute approximate surface area is 109 Å². The lowest BCUT2D eigenvalue weighted by molar-refractivity contribution is 0.442. The molecule has 94 valence electrons. The summed E-state index contributed by atoms with van der Waals surface area (Å²) in [6.45, 7) is 11.3. The van der Waals surface area contributed by atoms with Gasteiger partial charge in [-0.25, -0.2) is 4.98 Å². The smallest absolute Gasteiger partial charge is 0.136 e. The molecule has 1 heterocycles. The molecule has 0 aromatic carbocycles. The molecule has 0 amide bonds. The van der Waals surface area contributed by atoms with Gasteiger partial charge in [0, 0.05) is 12.2 Å². The van der Waals surface area contributed by atoms with E-state index in [-0.39, 0.29) is 5.41 Å². The van der Waals surface area contributed by atoms with Crippen LogP contribution >= 0.6 is 12.2 Å². The number of nitrogens with two attached hydrogens (primary N) is 1. The molecule has 0 fully saturated rings. The Morgan fingerprint density at radius 1 is 1.41 bits per heavy atom. The molecule has 1 rings (SSSR count). The van der Waals surface area contributed by atoms with Crippen molar-refractivity contribution in [1.29, 1.82) is 0 Å². The van der Waals surface area contributed by atoms with Crippen LogP contribution in [0.4, 0.5) is 5.82 Å². The number of pyridine rings is 1. The Morgan fingerprint density at radius 3 is 2.47 bits per heavy atom. The second-order valence-electron chi connectivity index (χ2n) is 5.58. The van der Waals surface area contributed by atoms with Crippen molar-refractivity contribution in [1.82, 2.24) is 4.98 Å². The van der Waals surface area contributed by atoms with Crippen LogP contribution in [0.15, 0.2) is 6.07 Å². The third kappa shape index (κ3) is 3.97. The first-order chi connectivity index (χ1) is 7.70. The maximum Gasteiger partial charge on any atom is 0.136 e. The highest BCUT2D eigenvalue weighted by Crippen LogP contribution is 2.21. The topological polar surface area (TPSA) is 50.9 Å². The lowest BCUT2D eigenvalue weighted by Crippen LogP contribution is -2.23. The molecule has 17 heavy (non-hydrogen) atoms. The summed E-state index contributed by atoms with van der Waals surface area (Å²) >= 11 is 5.09. The van der Waals surface area contributed by atoms with Crippen molar-refractivity contribution in [2.24, 2.45) is 11.1 Å². The summed E-state index contributed by atoms with van der Waals surface area (Å²) in [5.41, 5.74) is 8.84. The number of nitrogens with one attached hydrogen (secondary N) is 1. The fourth-order valence-corrected chi connectivity index (χ4v) is 1.88. The minimum atomic E-state index is 0.187. The van der Waals surface area contributed by atoms with E-state index in [9.17, 15) is 0 Å². The molecular weight excluding hydrogens is 230 g/mol. The van der Waals surface area contributed by atoms with E-state index < -0.39 is 0 Å². The van der Waals surface area contributed by atoms with E-state index >= 15 is 0 Å². The predicted octanol–water partition coefficient (Wildman–Crippen LogP) is 2.79. The van der Waals surface area contributed by atoms with Gasteiger partial charge in [0.15, 0.2) is 0 Å². The quantitative estimate of drug-likeness (QED) is 0.811. The summed E-state index contributed by atoms with van der Waals surface area (Å²) in [6.07, 6.45) is 0. The van der Waals surface area contributed by atoms with Crippen molar-refractivity contribution in [2.45, 2.75) is 34.6 Å². The molecule has 0 spiro atoms. The van der Waals surface area contributed by atoms with E-state index in [2.05, 4.69) is 31.1 Å². The van der Waals surface area contributed by atoms with E-state index in [1.807, 2.05) is 19.9 Å². The second kappa shape index (κ2) is 5.00. The van der Waals surface area contributed by atoms with Crippen LogP contribution in [0.5, 0.6) is 0 Å². The molecule has 1 aromatic heterocycles. The summed E-state index contributed by atoms with van der Waals surface area (Å²) < 4.78 is 0. The highest BCUT2D eigenvalue weighted by Gasteiger charge is 2.15. The van der Waals surface area contributed by atoms with Crippen molar-refractivity contribution in [2.75, 3.05) is 11.9 Å². The van der Waals surface area contributed by atoms with Crippen molar-refractivity contribution < 1.29 is 0 Å². The molecule has 0 radical (unpaired) electrons. The second-order valence-corrected chi connectivity index (χ2v) is 6.02. The lowest BCUT2D eigenvalue weighted by atomic mass is 9.97. The first-order valence-electron chi connectivity index (χ1n) is 5.72. The molecule has 0 unspecified atom stereocenters. The number of aromatic nitrogens is 1. The number of aryl methyl sites for hydroxylation is 2. The zero-order chi connectivity index (χ0) is 13.2. The van der Waals surface area contributed by atoms with Gasteiger partial charge >= 0.3 is 0 Å². The molecule has 0 atom stereocenters. The molecule has 3 nitrogen and oxygen atoms in total. The third-order valence-corrected chi connectivity index (χ3v) is 2.58. The van der Waals surface area contributed by atoms with Crippen LogP contribution in [0.25, 0.3) is 0 Å². The fraction of sp³-hybridized carbons (Fsp3) is 0.538. The van der Waals surface area contributed by atoms with E-state index in [1.54, 1.807) is 0 Å². The van der Waals surface area contributed by atoms with Gasteiger partial charge in [0.05, 0.1) is 5.56 Å². The van der Waals surface area contributed by atoms with E-state index in [0.29, 0.717) is 4.99 Å². The maximum absolute atomic E-state index is 5.76. The summed E-state index contributed by atoms with van der Waals surface area (Å²) in [5, 5.41) is 3.34. The molecule has 0 bridgehead atoms. The third-order valence-electron chi connectivity index (χ3n) is 2.38. The lowest BCUT2D eigenvalue weighted by Gasteiger charge is -2.21. The molecule has 0 aliphatic rings. The van der Waals surface area contributed by atoms with Gasteiger partial charge in [-0.15, -0.1) is 0 Å². The molecule has 0 aliphatic carbocycles. The highest BCUT2D eigenvalue weighted by molar-refractivity contribution is 7.80. The molecule has 0 aliphatic heterocycles. The van der Waals surface area contributed by atoms with Crippen LogP contribution < -0.4 is 11.1 Å². The van der Waals surface area contributed by atoms with Crippen LogP contribution in [0, 0.1) is 19.3 Å². The normalized spacial score (nSPS) is 11.4. The summed E-state index contributed by atoms with van der Waals surface area (Å²) in [6, 6.07) is 2.00. The van der Waals surface area contributed by atoms with Crippen molar-refractivity contribution >= 4 is 23.0 Å². The molecule has 4 heteroatoms. The summed E-state index contributed by atoms with van der Waals surface area (Å²) in [7, 11) is 0. The van der Waals surface area contributed by atoms with Gasteiger partial charge in [0.2, 0.25) is 0 Å². The highest BCUT2D eigenvalue weighted by atomic mass is 32.1. The van der Waals surface area contributed by atoms with Crippen molar-refractivity contribution in [3.8, 4) is 0 Å². The van der Waals surface area contributed by atoms with Gasteiger partial charge in [-0.1, -0.05) is 33.0 Å². The van der Waals surface area contributed by atoms with Gasteiger partial charge in [0.25, 0.3) is 0 Å². The minimum Gasteiger partial charge on any atom is -0.389 e. The molecule has 0 saturated carbocycles. The summed E-state index contributed by atoms with van der Waals surface area (Å²) in [5.74, 6) is 0.796. The Balaban J connectivity index is 3.09. The SMILES string of the molecule is Cc1cc(C)c(C(N)=S)c(NCC(C)(C)C)n1. The zero-order valence-electron chi connectivity index (χ0n) is 11.2. The standard InChI is InChI=1S/C13H21N3S/c1-8-6-9(2)16-12(10(8)11(14)17)15-7-13(3,4)5/h6H,7H2,1-5H3,(H2,14,17)(H,15,16). The Hall–Kier alpha value is -1.16. The first-order valence-corrected chi connectivity index (χ1v) is 6.13. The molecule has 1 aromatic rings. The average molecular weight is 251 g/mol. The van der Waals surface area contributed by atoms with Crippen molar-refractivity contribution in [3.05, 3.63) is 22.9 Å². The number of thiocarbonyl (C=S) groups is 1. The monoisotopic (exact) mass is 251 g/mol. The average Bonchev–Trinajstić information content (AvgIpc) is 2.11. The predicted molar refractivity (Wildman–Crippen MR) is 77.5 cm³/mol. The zero-order valence-corrected chi connectivity index (χ0v) is 12.0. The Bertz CT molecular complexity index is 433. The van der Waals surface area contributed by atoms with Crippen LogP contribution in [0.2, 0.25) is 0 Å².